The molecule has 0 amide bonds. The van der Waals surface area contributed by atoms with E-state index < -0.39 is 0 Å². The van der Waals surface area contributed by atoms with Gasteiger partial charge in [-0.2, -0.15) is 10.4 Å². The molecule has 0 bridgehead atoms. The largest absolute Gasteiger partial charge is 0.297 e. The van der Waals surface area contributed by atoms with Gasteiger partial charge in [0.2, 0.25) is 0 Å². The number of likely N-dealkylation sites (tertiary alicyclic amines) is 1. The van der Waals surface area contributed by atoms with Gasteiger partial charge >= 0.3 is 0 Å². The number of rotatable bonds is 3. The summed E-state index contributed by atoms with van der Waals surface area (Å²) in [6.07, 6.45) is 9.44. The highest BCUT2D eigenvalue weighted by Gasteiger charge is 2.21. The van der Waals surface area contributed by atoms with Gasteiger partial charge in [0.15, 0.2) is 0 Å². The highest BCUT2D eigenvalue weighted by atomic mass is 15.3. The fourth-order valence-corrected chi connectivity index (χ4v) is 3.28. The molecule has 1 saturated carbocycles. The van der Waals surface area contributed by atoms with Gasteiger partial charge in [-0.05, 0) is 44.8 Å². The second kappa shape index (κ2) is 5.75. The van der Waals surface area contributed by atoms with Gasteiger partial charge in [0, 0.05) is 18.7 Å². The molecule has 1 aliphatic heterocycles. The molecule has 0 aromatic carbocycles. The van der Waals surface area contributed by atoms with Gasteiger partial charge in [-0.15, -0.1) is 0 Å². The van der Waals surface area contributed by atoms with Crippen LogP contribution >= 0.6 is 0 Å². The Balaban J connectivity index is 1.54. The summed E-state index contributed by atoms with van der Waals surface area (Å²) < 4.78 is 2.17. The van der Waals surface area contributed by atoms with Crippen LogP contribution in [0.3, 0.4) is 0 Å². The molecule has 0 radical (unpaired) electrons. The lowest BCUT2D eigenvalue weighted by Crippen LogP contribution is -2.32. The summed E-state index contributed by atoms with van der Waals surface area (Å²) in [6, 6.07) is 5.18. The molecule has 19 heavy (non-hydrogen) atoms. The number of hydrogen-bond acceptors (Lipinski definition) is 3. The first-order valence-corrected chi connectivity index (χ1v) is 7.51. The molecule has 3 rings (SSSR count). The molecule has 1 aromatic rings. The minimum Gasteiger partial charge on any atom is -0.297 e. The first kappa shape index (κ1) is 12.7. The van der Waals surface area contributed by atoms with Crippen LogP contribution in [0.15, 0.2) is 12.3 Å². The van der Waals surface area contributed by atoms with E-state index in [1.54, 1.807) is 0 Å². The molecule has 2 fully saturated rings. The maximum atomic E-state index is 8.91. The zero-order valence-electron chi connectivity index (χ0n) is 11.5. The van der Waals surface area contributed by atoms with Crippen LogP contribution in [0.1, 0.15) is 50.3 Å². The summed E-state index contributed by atoms with van der Waals surface area (Å²) in [5.41, 5.74) is 1.18. The molecular formula is C15H22N4. The van der Waals surface area contributed by atoms with Gasteiger partial charge < -0.3 is 0 Å². The fourth-order valence-electron chi connectivity index (χ4n) is 3.28. The second-order valence-electron chi connectivity index (χ2n) is 5.90. The standard InChI is InChI=1S/C15H22N4/c16-11-13-5-8-18(9-6-13)12-14-7-10-19(17-14)15-3-1-2-4-15/h7,10,13,15H,1-6,8-9,12H2. The van der Waals surface area contributed by atoms with Crippen molar-refractivity contribution < 1.29 is 0 Å². The topological polar surface area (TPSA) is 44.9 Å². The van der Waals surface area contributed by atoms with E-state index in [2.05, 4.69) is 27.9 Å². The van der Waals surface area contributed by atoms with Crippen LogP contribution in [-0.4, -0.2) is 27.8 Å². The van der Waals surface area contributed by atoms with Crippen LogP contribution in [0.25, 0.3) is 0 Å². The Bertz CT molecular complexity index is 445. The molecule has 1 aromatic heterocycles. The zero-order valence-corrected chi connectivity index (χ0v) is 11.5. The van der Waals surface area contributed by atoms with Crippen molar-refractivity contribution >= 4 is 0 Å². The molecule has 0 atom stereocenters. The molecule has 0 N–H and O–H groups in total. The van der Waals surface area contributed by atoms with Crippen LogP contribution in [0.2, 0.25) is 0 Å². The predicted octanol–water partition coefficient (Wildman–Crippen LogP) is 2.73. The van der Waals surface area contributed by atoms with Crippen molar-refractivity contribution in [2.24, 2.45) is 5.92 Å². The Morgan fingerprint density at radius 3 is 2.63 bits per heavy atom. The van der Waals surface area contributed by atoms with Crippen LogP contribution < -0.4 is 0 Å². The van der Waals surface area contributed by atoms with E-state index in [0.29, 0.717) is 6.04 Å². The van der Waals surface area contributed by atoms with Crippen molar-refractivity contribution in [1.82, 2.24) is 14.7 Å². The van der Waals surface area contributed by atoms with Gasteiger partial charge in [0.05, 0.1) is 17.8 Å². The molecule has 1 saturated heterocycles. The van der Waals surface area contributed by atoms with Gasteiger partial charge in [-0.25, -0.2) is 0 Å². The number of hydrogen-bond donors (Lipinski definition) is 0. The molecular weight excluding hydrogens is 236 g/mol. The zero-order chi connectivity index (χ0) is 13.1. The molecule has 2 aliphatic rings. The van der Waals surface area contributed by atoms with E-state index >= 15 is 0 Å². The smallest absolute Gasteiger partial charge is 0.0764 e. The molecule has 0 spiro atoms. The van der Waals surface area contributed by atoms with Gasteiger partial charge in [-0.1, -0.05) is 12.8 Å². The SMILES string of the molecule is N#CC1CCN(Cc2ccn(C3CCCC3)n2)CC1. The number of nitriles is 1. The maximum Gasteiger partial charge on any atom is 0.0764 e. The Hall–Kier alpha value is -1.34. The van der Waals surface area contributed by atoms with E-state index in [1.165, 1.54) is 31.4 Å². The van der Waals surface area contributed by atoms with E-state index in [0.717, 1.165) is 32.5 Å². The van der Waals surface area contributed by atoms with Gasteiger partial charge in [-0.3, -0.25) is 9.58 Å². The monoisotopic (exact) mass is 258 g/mol. The Labute approximate surface area is 115 Å². The van der Waals surface area contributed by atoms with Crippen LogP contribution in [0.5, 0.6) is 0 Å². The third-order valence-corrected chi connectivity index (χ3v) is 4.52. The third kappa shape index (κ3) is 2.98. The third-order valence-electron chi connectivity index (χ3n) is 4.52. The summed E-state index contributed by atoms with van der Waals surface area (Å²) in [5, 5.41) is 13.6. The number of aromatic nitrogens is 2. The minimum atomic E-state index is 0.271. The molecule has 1 aliphatic carbocycles. The van der Waals surface area contributed by atoms with E-state index in [-0.39, 0.29) is 5.92 Å². The van der Waals surface area contributed by atoms with Crippen molar-refractivity contribution in [3.05, 3.63) is 18.0 Å². The Kier molecular flexibility index (Phi) is 3.84. The Morgan fingerprint density at radius 1 is 1.21 bits per heavy atom. The van der Waals surface area contributed by atoms with Crippen LogP contribution in [0, 0.1) is 17.2 Å². The van der Waals surface area contributed by atoms with Crippen molar-refractivity contribution in [1.29, 1.82) is 5.26 Å². The maximum absolute atomic E-state index is 8.91. The lowest BCUT2D eigenvalue weighted by molar-refractivity contribution is 0.195. The normalized spacial score (nSPS) is 22.7. The highest BCUT2D eigenvalue weighted by molar-refractivity contribution is 5.01. The average Bonchev–Trinajstić information content (AvgIpc) is 3.10. The van der Waals surface area contributed by atoms with Crippen molar-refractivity contribution in [3.8, 4) is 6.07 Å². The Morgan fingerprint density at radius 2 is 1.95 bits per heavy atom. The summed E-state index contributed by atoms with van der Waals surface area (Å²) in [5.74, 6) is 0.271. The minimum absolute atomic E-state index is 0.271. The molecule has 102 valence electrons. The van der Waals surface area contributed by atoms with Gasteiger partial charge in [0.25, 0.3) is 0 Å². The first-order chi connectivity index (χ1) is 9.35. The first-order valence-electron chi connectivity index (χ1n) is 7.51. The van der Waals surface area contributed by atoms with Crippen molar-refractivity contribution in [3.63, 3.8) is 0 Å². The average molecular weight is 258 g/mol. The lowest BCUT2D eigenvalue weighted by Gasteiger charge is -2.28. The van der Waals surface area contributed by atoms with Crippen molar-refractivity contribution in [2.45, 2.75) is 51.1 Å². The summed E-state index contributed by atoms with van der Waals surface area (Å²) in [7, 11) is 0. The highest BCUT2D eigenvalue weighted by Crippen LogP contribution is 2.28. The summed E-state index contributed by atoms with van der Waals surface area (Å²) in [4.78, 5) is 2.43. The van der Waals surface area contributed by atoms with Crippen molar-refractivity contribution in [2.75, 3.05) is 13.1 Å². The fraction of sp³-hybridized carbons (Fsp3) is 0.733. The molecule has 2 heterocycles. The quantitative estimate of drug-likeness (QED) is 0.837. The van der Waals surface area contributed by atoms with Crippen LogP contribution in [0.4, 0.5) is 0 Å². The van der Waals surface area contributed by atoms with Crippen LogP contribution in [-0.2, 0) is 6.54 Å². The molecule has 4 nitrogen and oxygen atoms in total. The van der Waals surface area contributed by atoms with E-state index in [1.807, 2.05) is 0 Å². The van der Waals surface area contributed by atoms with E-state index in [4.69, 9.17) is 10.4 Å². The summed E-state index contributed by atoms with van der Waals surface area (Å²) in [6.45, 7) is 3.01. The lowest BCUT2D eigenvalue weighted by atomic mass is 9.98. The molecule has 4 heteroatoms. The summed E-state index contributed by atoms with van der Waals surface area (Å²) >= 11 is 0. The molecule has 0 unspecified atom stereocenters. The van der Waals surface area contributed by atoms with Gasteiger partial charge in [0.1, 0.15) is 0 Å². The van der Waals surface area contributed by atoms with E-state index in [9.17, 15) is 0 Å². The number of nitrogens with zero attached hydrogens (tertiary/aromatic N) is 4. The predicted molar refractivity (Wildman–Crippen MR) is 73.3 cm³/mol. The second-order valence-corrected chi connectivity index (χ2v) is 5.90. The number of piperidine rings is 1.